The highest BCUT2D eigenvalue weighted by molar-refractivity contribution is 6.31. The van der Waals surface area contributed by atoms with E-state index in [4.69, 9.17) is 11.6 Å². The number of halogens is 1. The summed E-state index contributed by atoms with van der Waals surface area (Å²) in [4.78, 5) is 10.3. The third-order valence-corrected chi connectivity index (χ3v) is 2.42. The molecule has 76 valence electrons. The molecule has 0 aliphatic rings. The van der Waals surface area contributed by atoms with Gasteiger partial charge in [0.2, 0.25) is 0 Å². The minimum Gasteiger partial charge on any atom is -0.313 e. The summed E-state index contributed by atoms with van der Waals surface area (Å²) in [5, 5.41) is 14.1. The van der Waals surface area contributed by atoms with Crippen LogP contribution in [0, 0.1) is 10.1 Å². The first-order chi connectivity index (χ1) is 6.57. The summed E-state index contributed by atoms with van der Waals surface area (Å²) in [5.74, 6) is 0. The molecular weight excluding hydrogens is 204 g/mol. The fraction of sp³-hybridized carbons (Fsp3) is 0.333. The molecule has 1 aromatic rings. The van der Waals surface area contributed by atoms with Gasteiger partial charge in [-0.1, -0.05) is 17.7 Å². The summed E-state index contributed by atoms with van der Waals surface area (Å²) in [6.45, 7) is 1.83. The van der Waals surface area contributed by atoms with Crippen molar-refractivity contribution in [3.63, 3.8) is 0 Å². The van der Waals surface area contributed by atoms with Crippen LogP contribution in [-0.2, 0) is 0 Å². The van der Waals surface area contributed by atoms with E-state index in [0.29, 0.717) is 10.6 Å². The maximum Gasteiger partial charge on any atom is 0.275 e. The van der Waals surface area contributed by atoms with Gasteiger partial charge >= 0.3 is 0 Å². The summed E-state index contributed by atoms with van der Waals surface area (Å²) < 4.78 is 0. The zero-order valence-electron chi connectivity index (χ0n) is 7.95. The van der Waals surface area contributed by atoms with Crippen molar-refractivity contribution >= 4 is 17.3 Å². The quantitative estimate of drug-likeness (QED) is 0.622. The standard InChI is InChI=1S/C9H11ClN2O2/c1-6(11-2)9-7(10)4-3-5-8(9)12(13)14/h3-6,11H,1-2H3/t6-/m0/s1. The van der Waals surface area contributed by atoms with Crippen molar-refractivity contribution in [2.45, 2.75) is 13.0 Å². The van der Waals surface area contributed by atoms with Crippen molar-refractivity contribution in [1.29, 1.82) is 0 Å². The van der Waals surface area contributed by atoms with Gasteiger partial charge in [0.05, 0.1) is 15.5 Å². The molecule has 4 nitrogen and oxygen atoms in total. The molecule has 0 radical (unpaired) electrons. The van der Waals surface area contributed by atoms with E-state index in [2.05, 4.69) is 5.32 Å². The Morgan fingerprint density at radius 1 is 1.57 bits per heavy atom. The summed E-state index contributed by atoms with van der Waals surface area (Å²) in [5.41, 5.74) is 0.584. The zero-order chi connectivity index (χ0) is 10.7. The maximum absolute atomic E-state index is 10.7. The Labute approximate surface area is 87.0 Å². The molecule has 1 rings (SSSR count). The van der Waals surface area contributed by atoms with Gasteiger partial charge in [-0.15, -0.1) is 0 Å². The number of nitrogens with zero attached hydrogens (tertiary/aromatic N) is 1. The van der Waals surface area contributed by atoms with Gasteiger partial charge in [-0.2, -0.15) is 0 Å². The van der Waals surface area contributed by atoms with Crippen molar-refractivity contribution in [1.82, 2.24) is 5.32 Å². The third-order valence-electron chi connectivity index (χ3n) is 2.09. The van der Waals surface area contributed by atoms with E-state index >= 15 is 0 Å². The minimum absolute atomic E-state index is 0.0550. The summed E-state index contributed by atoms with van der Waals surface area (Å²) in [6, 6.07) is 4.54. The highest BCUT2D eigenvalue weighted by atomic mass is 35.5. The lowest BCUT2D eigenvalue weighted by Crippen LogP contribution is -2.14. The van der Waals surface area contributed by atoms with Gasteiger partial charge in [0.1, 0.15) is 0 Å². The maximum atomic E-state index is 10.7. The molecule has 0 spiro atoms. The summed E-state index contributed by atoms with van der Waals surface area (Å²) >= 11 is 5.90. The molecular formula is C9H11ClN2O2. The summed E-state index contributed by atoms with van der Waals surface area (Å²) in [7, 11) is 1.73. The monoisotopic (exact) mass is 214 g/mol. The molecule has 0 heterocycles. The van der Waals surface area contributed by atoms with Crippen LogP contribution in [0.4, 0.5) is 5.69 Å². The molecule has 0 saturated heterocycles. The molecule has 0 aromatic heterocycles. The number of nitrogens with one attached hydrogen (secondary N) is 1. The fourth-order valence-electron chi connectivity index (χ4n) is 1.26. The van der Waals surface area contributed by atoms with E-state index in [0.717, 1.165) is 0 Å². The number of nitro benzene ring substituents is 1. The highest BCUT2D eigenvalue weighted by Crippen LogP contribution is 2.31. The first-order valence-electron chi connectivity index (χ1n) is 4.18. The molecule has 1 aromatic carbocycles. The van der Waals surface area contributed by atoms with Crippen LogP contribution in [-0.4, -0.2) is 12.0 Å². The number of hydrogen-bond acceptors (Lipinski definition) is 3. The highest BCUT2D eigenvalue weighted by Gasteiger charge is 2.20. The molecule has 0 saturated carbocycles. The van der Waals surface area contributed by atoms with E-state index in [9.17, 15) is 10.1 Å². The van der Waals surface area contributed by atoms with Gasteiger partial charge in [0.25, 0.3) is 5.69 Å². The Kier molecular flexibility index (Phi) is 3.43. The van der Waals surface area contributed by atoms with E-state index in [1.165, 1.54) is 6.07 Å². The Bertz CT molecular complexity index is 355. The van der Waals surface area contributed by atoms with E-state index < -0.39 is 4.92 Å². The average Bonchev–Trinajstić information content (AvgIpc) is 2.16. The Hall–Kier alpha value is -1.13. The van der Waals surface area contributed by atoms with Crippen LogP contribution < -0.4 is 5.32 Å². The first kappa shape index (κ1) is 10.9. The van der Waals surface area contributed by atoms with Crippen LogP contribution in [0.15, 0.2) is 18.2 Å². The Morgan fingerprint density at radius 2 is 2.21 bits per heavy atom. The van der Waals surface area contributed by atoms with Crippen LogP contribution in [0.1, 0.15) is 18.5 Å². The predicted molar refractivity (Wildman–Crippen MR) is 55.6 cm³/mol. The molecule has 1 N–H and O–H groups in total. The zero-order valence-corrected chi connectivity index (χ0v) is 8.71. The van der Waals surface area contributed by atoms with Crippen LogP contribution in [0.25, 0.3) is 0 Å². The Morgan fingerprint density at radius 3 is 2.71 bits per heavy atom. The van der Waals surface area contributed by atoms with Gasteiger partial charge in [0, 0.05) is 12.1 Å². The normalized spacial score (nSPS) is 12.5. The lowest BCUT2D eigenvalue weighted by Gasteiger charge is -2.12. The third kappa shape index (κ3) is 2.02. The lowest BCUT2D eigenvalue weighted by atomic mass is 10.1. The number of benzene rings is 1. The van der Waals surface area contributed by atoms with Gasteiger partial charge in [-0.3, -0.25) is 10.1 Å². The van der Waals surface area contributed by atoms with Gasteiger partial charge < -0.3 is 5.32 Å². The van der Waals surface area contributed by atoms with E-state index in [-0.39, 0.29) is 11.7 Å². The topological polar surface area (TPSA) is 55.2 Å². The smallest absolute Gasteiger partial charge is 0.275 e. The summed E-state index contributed by atoms with van der Waals surface area (Å²) in [6.07, 6.45) is 0. The molecule has 0 fully saturated rings. The van der Waals surface area contributed by atoms with Gasteiger partial charge in [-0.25, -0.2) is 0 Å². The Balaban J connectivity index is 3.29. The number of nitro groups is 1. The van der Waals surface area contributed by atoms with Gasteiger partial charge in [-0.05, 0) is 20.0 Å². The number of hydrogen-bond donors (Lipinski definition) is 1. The molecule has 0 amide bonds. The molecule has 14 heavy (non-hydrogen) atoms. The van der Waals surface area contributed by atoms with E-state index in [1.54, 1.807) is 19.2 Å². The van der Waals surface area contributed by atoms with Crippen molar-refractivity contribution in [3.05, 3.63) is 38.9 Å². The van der Waals surface area contributed by atoms with Crippen LogP contribution in [0.3, 0.4) is 0 Å². The second-order valence-corrected chi connectivity index (χ2v) is 3.35. The predicted octanol–water partition coefficient (Wildman–Crippen LogP) is 2.53. The van der Waals surface area contributed by atoms with Gasteiger partial charge in [0.15, 0.2) is 0 Å². The van der Waals surface area contributed by atoms with Crippen LogP contribution >= 0.6 is 11.6 Å². The van der Waals surface area contributed by atoms with Crippen molar-refractivity contribution < 1.29 is 4.92 Å². The fourth-order valence-corrected chi connectivity index (χ4v) is 1.59. The lowest BCUT2D eigenvalue weighted by molar-refractivity contribution is -0.385. The second kappa shape index (κ2) is 4.39. The molecule has 5 heteroatoms. The second-order valence-electron chi connectivity index (χ2n) is 2.94. The van der Waals surface area contributed by atoms with Crippen LogP contribution in [0.2, 0.25) is 5.02 Å². The van der Waals surface area contributed by atoms with E-state index in [1.807, 2.05) is 6.92 Å². The number of rotatable bonds is 3. The van der Waals surface area contributed by atoms with Crippen molar-refractivity contribution in [2.24, 2.45) is 0 Å². The molecule has 0 unspecified atom stereocenters. The average molecular weight is 215 g/mol. The van der Waals surface area contributed by atoms with Crippen LogP contribution in [0.5, 0.6) is 0 Å². The largest absolute Gasteiger partial charge is 0.313 e. The van der Waals surface area contributed by atoms with Crippen molar-refractivity contribution in [2.75, 3.05) is 7.05 Å². The minimum atomic E-state index is -0.422. The SMILES string of the molecule is CN[C@@H](C)c1c(Cl)cccc1[N+](=O)[O-]. The molecule has 0 aliphatic carbocycles. The molecule has 0 aliphatic heterocycles. The van der Waals surface area contributed by atoms with Crippen molar-refractivity contribution in [3.8, 4) is 0 Å². The first-order valence-corrected chi connectivity index (χ1v) is 4.55. The molecule has 0 bridgehead atoms. The molecule has 1 atom stereocenters.